The van der Waals surface area contributed by atoms with Crippen molar-refractivity contribution in [1.29, 1.82) is 0 Å². The predicted octanol–water partition coefficient (Wildman–Crippen LogP) is 3.62. The van der Waals surface area contributed by atoms with Crippen LogP contribution in [0.5, 0.6) is 5.75 Å². The minimum Gasteiger partial charge on any atom is -0.496 e. The molecule has 0 unspecified atom stereocenters. The number of nitrogens with two attached hydrogens (primary N) is 1. The normalized spacial score (nSPS) is 19.0. The fourth-order valence-electron chi connectivity index (χ4n) is 2.89. The van der Waals surface area contributed by atoms with Gasteiger partial charge in [-0.15, -0.1) is 0 Å². The fraction of sp³-hybridized carbons (Fsp3) is 0.571. The van der Waals surface area contributed by atoms with Crippen LogP contribution in [-0.2, 0) is 5.41 Å². The highest BCUT2D eigenvalue weighted by atomic mass is 79.9. The summed E-state index contributed by atoms with van der Waals surface area (Å²) in [5.41, 5.74) is 7.53. The van der Waals surface area contributed by atoms with E-state index in [2.05, 4.69) is 28.1 Å². The van der Waals surface area contributed by atoms with E-state index >= 15 is 0 Å². The van der Waals surface area contributed by atoms with E-state index in [4.69, 9.17) is 10.5 Å². The summed E-state index contributed by atoms with van der Waals surface area (Å²) in [6, 6.07) is 6.23. The lowest BCUT2D eigenvalue weighted by Crippen LogP contribution is -2.37. The maximum Gasteiger partial charge on any atom is 0.133 e. The van der Waals surface area contributed by atoms with Crippen LogP contribution in [0.1, 0.15) is 37.7 Å². The molecule has 0 radical (unpaired) electrons. The van der Waals surface area contributed by atoms with Crippen molar-refractivity contribution in [3.05, 3.63) is 28.2 Å². The van der Waals surface area contributed by atoms with Gasteiger partial charge >= 0.3 is 0 Å². The van der Waals surface area contributed by atoms with Crippen LogP contribution in [0.25, 0.3) is 0 Å². The second-order valence-electron chi connectivity index (χ2n) is 4.87. The van der Waals surface area contributed by atoms with Gasteiger partial charge in [-0.25, -0.2) is 0 Å². The largest absolute Gasteiger partial charge is 0.496 e. The van der Waals surface area contributed by atoms with Gasteiger partial charge in [-0.1, -0.05) is 31.4 Å². The molecule has 0 bridgehead atoms. The summed E-state index contributed by atoms with van der Waals surface area (Å²) >= 11 is 3.67. The Morgan fingerprint density at radius 1 is 1.29 bits per heavy atom. The molecule has 3 heteroatoms. The lowest BCUT2D eigenvalue weighted by Gasteiger charge is -2.37. The Hall–Kier alpha value is -0.540. The third kappa shape index (κ3) is 2.36. The van der Waals surface area contributed by atoms with Crippen molar-refractivity contribution in [3.63, 3.8) is 0 Å². The van der Waals surface area contributed by atoms with Crippen LogP contribution >= 0.6 is 15.9 Å². The van der Waals surface area contributed by atoms with Crippen molar-refractivity contribution < 1.29 is 4.74 Å². The molecule has 0 amide bonds. The second-order valence-corrected chi connectivity index (χ2v) is 5.66. The SMILES string of the molecule is COc1cccc(C2(CN)CCCCC2)c1Br. The van der Waals surface area contributed by atoms with Gasteiger partial charge < -0.3 is 10.5 Å². The second kappa shape index (κ2) is 5.40. The summed E-state index contributed by atoms with van der Waals surface area (Å²) in [5, 5.41) is 0. The maximum atomic E-state index is 6.07. The molecule has 0 atom stereocenters. The number of hydrogen-bond acceptors (Lipinski definition) is 2. The minimum atomic E-state index is 0.144. The van der Waals surface area contributed by atoms with E-state index < -0.39 is 0 Å². The van der Waals surface area contributed by atoms with Crippen LogP contribution in [-0.4, -0.2) is 13.7 Å². The van der Waals surface area contributed by atoms with Gasteiger partial charge in [0.15, 0.2) is 0 Å². The topological polar surface area (TPSA) is 35.2 Å². The zero-order chi connectivity index (χ0) is 12.3. The third-order valence-corrected chi connectivity index (χ3v) is 4.77. The van der Waals surface area contributed by atoms with E-state index in [9.17, 15) is 0 Å². The molecule has 1 aromatic carbocycles. The Kier molecular flexibility index (Phi) is 4.10. The molecule has 1 saturated carbocycles. The average Bonchev–Trinajstić information content (AvgIpc) is 2.40. The van der Waals surface area contributed by atoms with Gasteiger partial charge in [-0.3, -0.25) is 0 Å². The van der Waals surface area contributed by atoms with Crippen LogP contribution in [0.3, 0.4) is 0 Å². The summed E-state index contributed by atoms with van der Waals surface area (Å²) in [5.74, 6) is 0.904. The number of benzene rings is 1. The monoisotopic (exact) mass is 297 g/mol. The van der Waals surface area contributed by atoms with Gasteiger partial charge in [0.1, 0.15) is 5.75 Å². The predicted molar refractivity (Wildman–Crippen MR) is 74.5 cm³/mol. The molecule has 1 fully saturated rings. The molecule has 0 saturated heterocycles. The standard InChI is InChI=1S/C14H20BrNO/c1-17-12-7-5-6-11(13(12)15)14(10-16)8-3-2-4-9-14/h5-7H,2-4,8-10,16H2,1H3. The van der Waals surface area contributed by atoms with E-state index in [0.29, 0.717) is 0 Å². The van der Waals surface area contributed by atoms with E-state index in [0.717, 1.165) is 16.8 Å². The Morgan fingerprint density at radius 3 is 2.59 bits per heavy atom. The molecular weight excluding hydrogens is 278 g/mol. The maximum absolute atomic E-state index is 6.07. The molecule has 2 rings (SSSR count). The number of hydrogen-bond donors (Lipinski definition) is 1. The molecule has 0 aliphatic heterocycles. The van der Waals surface area contributed by atoms with E-state index in [1.807, 2.05) is 6.07 Å². The summed E-state index contributed by atoms with van der Waals surface area (Å²) in [7, 11) is 1.71. The molecule has 17 heavy (non-hydrogen) atoms. The molecule has 2 N–H and O–H groups in total. The van der Waals surface area contributed by atoms with Crippen molar-refractivity contribution in [1.82, 2.24) is 0 Å². The van der Waals surface area contributed by atoms with Crippen LogP contribution in [0.15, 0.2) is 22.7 Å². The minimum absolute atomic E-state index is 0.144. The van der Waals surface area contributed by atoms with Gasteiger partial charge in [0.05, 0.1) is 11.6 Å². The van der Waals surface area contributed by atoms with Crippen LogP contribution in [0.4, 0.5) is 0 Å². The quantitative estimate of drug-likeness (QED) is 0.925. The zero-order valence-corrected chi connectivity index (χ0v) is 11.9. The number of halogens is 1. The highest BCUT2D eigenvalue weighted by molar-refractivity contribution is 9.10. The van der Waals surface area contributed by atoms with E-state index in [-0.39, 0.29) is 5.41 Å². The van der Waals surface area contributed by atoms with Crippen LogP contribution < -0.4 is 10.5 Å². The van der Waals surface area contributed by atoms with Gasteiger partial charge in [0.2, 0.25) is 0 Å². The van der Waals surface area contributed by atoms with Gasteiger partial charge in [0, 0.05) is 12.0 Å². The molecule has 0 heterocycles. The lowest BCUT2D eigenvalue weighted by atomic mass is 9.69. The first-order valence-corrected chi connectivity index (χ1v) is 7.06. The molecule has 0 spiro atoms. The molecule has 2 nitrogen and oxygen atoms in total. The number of methoxy groups -OCH3 is 1. The smallest absolute Gasteiger partial charge is 0.133 e. The Balaban J connectivity index is 2.43. The summed E-state index contributed by atoms with van der Waals surface area (Å²) < 4.78 is 6.46. The van der Waals surface area contributed by atoms with Crippen molar-refractivity contribution >= 4 is 15.9 Å². The average molecular weight is 298 g/mol. The highest BCUT2D eigenvalue weighted by Gasteiger charge is 2.34. The summed E-state index contributed by atoms with van der Waals surface area (Å²) in [6.45, 7) is 0.721. The van der Waals surface area contributed by atoms with Crippen LogP contribution in [0.2, 0.25) is 0 Å². The highest BCUT2D eigenvalue weighted by Crippen LogP contribution is 2.44. The van der Waals surface area contributed by atoms with Crippen LogP contribution in [0, 0.1) is 0 Å². The van der Waals surface area contributed by atoms with Crippen molar-refractivity contribution in [3.8, 4) is 5.75 Å². The molecular formula is C14H20BrNO. The molecule has 0 aromatic heterocycles. The molecule has 1 aliphatic rings. The van der Waals surface area contributed by atoms with Crippen molar-refractivity contribution in [2.75, 3.05) is 13.7 Å². The van der Waals surface area contributed by atoms with Crippen molar-refractivity contribution in [2.24, 2.45) is 5.73 Å². The summed E-state index contributed by atoms with van der Waals surface area (Å²) in [4.78, 5) is 0. The Labute approximate surface area is 112 Å². The Bertz CT molecular complexity index is 386. The number of ether oxygens (including phenoxy) is 1. The first kappa shape index (κ1) is 12.9. The first-order chi connectivity index (χ1) is 8.23. The van der Waals surface area contributed by atoms with Gasteiger partial charge in [-0.2, -0.15) is 0 Å². The van der Waals surface area contributed by atoms with Gasteiger partial charge in [0.25, 0.3) is 0 Å². The van der Waals surface area contributed by atoms with E-state index in [1.165, 1.54) is 37.7 Å². The zero-order valence-electron chi connectivity index (χ0n) is 10.3. The Morgan fingerprint density at radius 2 is 2.00 bits per heavy atom. The van der Waals surface area contributed by atoms with Crippen molar-refractivity contribution in [2.45, 2.75) is 37.5 Å². The molecule has 94 valence electrons. The summed E-state index contributed by atoms with van der Waals surface area (Å²) in [6.07, 6.45) is 6.27. The number of rotatable bonds is 3. The molecule has 1 aliphatic carbocycles. The lowest BCUT2D eigenvalue weighted by molar-refractivity contribution is 0.298. The molecule has 1 aromatic rings. The fourth-order valence-corrected chi connectivity index (χ4v) is 3.74. The first-order valence-electron chi connectivity index (χ1n) is 6.26. The third-order valence-electron chi connectivity index (χ3n) is 3.96. The van der Waals surface area contributed by atoms with Gasteiger partial charge in [-0.05, 0) is 40.4 Å². The van der Waals surface area contributed by atoms with E-state index in [1.54, 1.807) is 7.11 Å².